The summed E-state index contributed by atoms with van der Waals surface area (Å²) in [5.41, 5.74) is 2.14. The van der Waals surface area contributed by atoms with Crippen LogP contribution >= 0.6 is 0 Å². The number of nitrogens with zero attached hydrogens (tertiary/aromatic N) is 3. The fourth-order valence-corrected chi connectivity index (χ4v) is 2.49. The van der Waals surface area contributed by atoms with Gasteiger partial charge in [-0.25, -0.2) is 4.98 Å². The summed E-state index contributed by atoms with van der Waals surface area (Å²) in [5.74, 6) is 2.19. The lowest BCUT2D eigenvalue weighted by Gasteiger charge is -2.11. The predicted molar refractivity (Wildman–Crippen MR) is 100 cm³/mol. The quantitative estimate of drug-likeness (QED) is 0.636. The fraction of sp³-hybridized carbons (Fsp3) is 0.300. The standard InChI is InChI=1S/C20H24N4O2/c1-3-11-25-18-6-8-19(9-7-18)26-20-17(5-4-10-22-20)14-21-12-16-13-23-24(2)15-16/h4-10,13,15,21H,3,11-12,14H2,1-2H3. The van der Waals surface area contributed by atoms with E-state index in [4.69, 9.17) is 9.47 Å². The van der Waals surface area contributed by atoms with Gasteiger partial charge in [-0.1, -0.05) is 13.0 Å². The van der Waals surface area contributed by atoms with Crippen LogP contribution in [0, 0.1) is 0 Å². The first-order valence-corrected chi connectivity index (χ1v) is 8.77. The van der Waals surface area contributed by atoms with E-state index in [1.54, 1.807) is 10.9 Å². The minimum atomic E-state index is 0.605. The molecular formula is C20H24N4O2. The molecule has 0 atom stereocenters. The van der Waals surface area contributed by atoms with E-state index in [1.165, 1.54) is 0 Å². The van der Waals surface area contributed by atoms with Crippen LogP contribution in [0.4, 0.5) is 0 Å². The SMILES string of the molecule is CCCOc1ccc(Oc2ncccc2CNCc2cnn(C)c2)cc1. The van der Waals surface area contributed by atoms with Crippen LogP contribution in [0.25, 0.3) is 0 Å². The summed E-state index contributed by atoms with van der Waals surface area (Å²) in [4.78, 5) is 4.37. The Bertz CT molecular complexity index is 815. The maximum absolute atomic E-state index is 5.95. The first-order valence-electron chi connectivity index (χ1n) is 8.77. The van der Waals surface area contributed by atoms with Crippen LogP contribution in [-0.2, 0) is 20.1 Å². The van der Waals surface area contributed by atoms with Crippen LogP contribution in [0.3, 0.4) is 0 Å². The summed E-state index contributed by atoms with van der Waals surface area (Å²) in [6.45, 7) is 4.21. The normalized spacial score (nSPS) is 10.7. The molecule has 1 aromatic carbocycles. The number of hydrogen-bond acceptors (Lipinski definition) is 5. The second-order valence-corrected chi connectivity index (χ2v) is 6.02. The maximum Gasteiger partial charge on any atom is 0.223 e. The summed E-state index contributed by atoms with van der Waals surface area (Å²) in [7, 11) is 1.91. The molecule has 0 aliphatic heterocycles. The Morgan fingerprint density at radius 1 is 1.08 bits per heavy atom. The summed E-state index contributed by atoms with van der Waals surface area (Å²) in [5, 5.41) is 7.57. The van der Waals surface area contributed by atoms with Crippen LogP contribution in [0.15, 0.2) is 55.0 Å². The maximum atomic E-state index is 5.95. The molecule has 6 nitrogen and oxygen atoms in total. The van der Waals surface area contributed by atoms with Crippen LogP contribution in [0.1, 0.15) is 24.5 Å². The molecule has 0 saturated heterocycles. The van der Waals surface area contributed by atoms with Crippen molar-refractivity contribution in [3.05, 3.63) is 66.1 Å². The molecule has 0 aliphatic carbocycles. The molecule has 0 radical (unpaired) electrons. The van der Waals surface area contributed by atoms with E-state index in [0.29, 0.717) is 19.0 Å². The minimum absolute atomic E-state index is 0.605. The molecule has 2 heterocycles. The summed E-state index contributed by atoms with van der Waals surface area (Å²) in [6, 6.07) is 11.5. The zero-order valence-electron chi connectivity index (χ0n) is 15.2. The van der Waals surface area contributed by atoms with Crippen molar-refractivity contribution < 1.29 is 9.47 Å². The number of rotatable bonds is 9. The Hall–Kier alpha value is -2.86. The highest BCUT2D eigenvalue weighted by Crippen LogP contribution is 2.25. The first-order chi connectivity index (χ1) is 12.7. The number of aromatic nitrogens is 3. The van der Waals surface area contributed by atoms with Crippen molar-refractivity contribution in [2.75, 3.05) is 6.61 Å². The Kier molecular flexibility index (Phi) is 6.22. The summed E-state index contributed by atoms with van der Waals surface area (Å²) < 4.78 is 13.3. The molecule has 3 aromatic rings. The second kappa shape index (κ2) is 9.01. The second-order valence-electron chi connectivity index (χ2n) is 6.02. The van der Waals surface area contributed by atoms with E-state index in [9.17, 15) is 0 Å². The first kappa shape index (κ1) is 17.9. The van der Waals surface area contributed by atoms with Crippen LogP contribution in [0.2, 0.25) is 0 Å². The molecule has 0 amide bonds. The topological polar surface area (TPSA) is 61.2 Å². The van der Waals surface area contributed by atoms with Crippen LogP contribution in [-0.4, -0.2) is 21.4 Å². The highest BCUT2D eigenvalue weighted by Gasteiger charge is 2.07. The number of nitrogens with one attached hydrogen (secondary N) is 1. The lowest BCUT2D eigenvalue weighted by Crippen LogP contribution is -2.13. The van der Waals surface area contributed by atoms with E-state index >= 15 is 0 Å². The molecule has 6 heteroatoms. The Morgan fingerprint density at radius 2 is 1.88 bits per heavy atom. The number of benzene rings is 1. The predicted octanol–water partition coefficient (Wildman–Crippen LogP) is 3.69. The van der Waals surface area contributed by atoms with Crippen molar-refractivity contribution >= 4 is 0 Å². The number of hydrogen-bond donors (Lipinski definition) is 1. The van der Waals surface area contributed by atoms with Gasteiger partial charge in [0, 0.05) is 43.7 Å². The van der Waals surface area contributed by atoms with Gasteiger partial charge in [-0.3, -0.25) is 4.68 Å². The molecule has 0 fully saturated rings. The third kappa shape index (κ3) is 5.07. The molecule has 136 valence electrons. The largest absolute Gasteiger partial charge is 0.494 e. The van der Waals surface area contributed by atoms with E-state index < -0.39 is 0 Å². The Morgan fingerprint density at radius 3 is 2.62 bits per heavy atom. The summed E-state index contributed by atoms with van der Waals surface area (Å²) in [6.07, 6.45) is 6.58. The minimum Gasteiger partial charge on any atom is -0.494 e. The van der Waals surface area contributed by atoms with Gasteiger partial charge in [0.1, 0.15) is 11.5 Å². The van der Waals surface area contributed by atoms with E-state index in [0.717, 1.165) is 35.6 Å². The van der Waals surface area contributed by atoms with Crippen LogP contribution < -0.4 is 14.8 Å². The summed E-state index contributed by atoms with van der Waals surface area (Å²) >= 11 is 0. The van der Waals surface area contributed by atoms with Gasteiger partial charge in [-0.15, -0.1) is 0 Å². The average Bonchev–Trinajstić information content (AvgIpc) is 3.08. The van der Waals surface area contributed by atoms with Crippen molar-refractivity contribution in [2.24, 2.45) is 7.05 Å². The van der Waals surface area contributed by atoms with Gasteiger partial charge >= 0.3 is 0 Å². The van der Waals surface area contributed by atoms with Crippen molar-refractivity contribution in [1.82, 2.24) is 20.1 Å². The molecule has 0 aliphatic rings. The van der Waals surface area contributed by atoms with Gasteiger partial charge in [-0.2, -0.15) is 5.10 Å². The molecule has 3 rings (SSSR count). The van der Waals surface area contributed by atoms with E-state index in [-0.39, 0.29) is 0 Å². The van der Waals surface area contributed by atoms with Gasteiger partial charge in [0.25, 0.3) is 0 Å². The molecule has 0 unspecified atom stereocenters. The van der Waals surface area contributed by atoms with Crippen molar-refractivity contribution in [3.63, 3.8) is 0 Å². The molecular weight excluding hydrogens is 328 g/mol. The third-order valence-corrected chi connectivity index (χ3v) is 3.76. The Balaban J connectivity index is 1.59. The number of ether oxygens (including phenoxy) is 2. The zero-order chi connectivity index (χ0) is 18.2. The van der Waals surface area contributed by atoms with Gasteiger partial charge in [-0.05, 0) is 36.8 Å². The van der Waals surface area contributed by atoms with Crippen molar-refractivity contribution in [3.8, 4) is 17.4 Å². The fourth-order valence-electron chi connectivity index (χ4n) is 2.49. The molecule has 0 bridgehead atoms. The van der Waals surface area contributed by atoms with Gasteiger partial charge in [0.15, 0.2) is 0 Å². The highest BCUT2D eigenvalue weighted by molar-refractivity contribution is 5.35. The molecule has 1 N–H and O–H groups in total. The molecule has 0 spiro atoms. The van der Waals surface area contributed by atoms with E-state index in [1.807, 2.05) is 55.8 Å². The van der Waals surface area contributed by atoms with Crippen molar-refractivity contribution in [1.29, 1.82) is 0 Å². The lowest BCUT2D eigenvalue weighted by atomic mass is 10.2. The molecule has 2 aromatic heterocycles. The van der Waals surface area contributed by atoms with Crippen LogP contribution in [0.5, 0.6) is 17.4 Å². The lowest BCUT2D eigenvalue weighted by molar-refractivity contribution is 0.317. The van der Waals surface area contributed by atoms with Gasteiger partial charge in [0.2, 0.25) is 5.88 Å². The number of aryl methyl sites for hydroxylation is 1. The monoisotopic (exact) mass is 352 g/mol. The highest BCUT2D eigenvalue weighted by atomic mass is 16.5. The zero-order valence-corrected chi connectivity index (χ0v) is 15.2. The average molecular weight is 352 g/mol. The van der Waals surface area contributed by atoms with Gasteiger partial charge in [0.05, 0.1) is 12.8 Å². The van der Waals surface area contributed by atoms with Crippen molar-refractivity contribution in [2.45, 2.75) is 26.4 Å². The molecule has 0 saturated carbocycles. The smallest absolute Gasteiger partial charge is 0.223 e. The van der Waals surface area contributed by atoms with E-state index in [2.05, 4.69) is 22.3 Å². The Labute approximate surface area is 153 Å². The van der Waals surface area contributed by atoms with Gasteiger partial charge < -0.3 is 14.8 Å². The third-order valence-electron chi connectivity index (χ3n) is 3.76. The number of pyridine rings is 1. The molecule has 26 heavy (non-hydrogen) atoms.